The van der Waals surface area contributed by atoms with Crippen LogP contribution in [0.5, 0.6) is 0 Å². The van der Waals surface area contributed by atoms with Gasteiger partial charge in [0, 0.05) is 18.7 Å². The fourth-order valence-electron chi connectivity index (χ4n) is 1.22. The molecule has 1 atom stereocenters. The molecule has 2 amide bonds. The van der Waals surface area contributed by atoms with Crippen LogP contribution in [0, 0.1) is 0 Å². The molecule has 1 aromatic rings. The summed E-state index contributed by atoms with van der Waals surface area (Å²) < 4.78 is 4.73. The zero-order chi connectivity index (χ0) is 13.5. The third-order valence-corrected chi connectivity index (χ3v) is 2.60. The Hall–Kier alpha value is -1.01. The lowest BCUT2D eigenvalue weighted by Crippen LogP contribution is -2.37. The summed E-state index contributed by atoms with van der Waals surface area (Å²) in [6.45, 7) is 0.232. The summed E-state index contributed by atoms with van der Waals surface area (Å²) >= 11 is 11.7. The highest BCUT2D eigenvalue weighted by Crippen LogP contribution is 2.25. The number of urea groups is 1. The Morgan fingerprint density at radius 3 is 2.89 bits per heavy atom. The number of aliphatic hydroxyl groups is 1. The second-order valence-corrected chi connectivity index (χ2v) is 4.41. The number of amides is 2. The number of carbonyl (C=O) groups is 1. The van der Waals surface area contributed by atoms with Crippen LogP contribution in [0.1, 0.15) is 0 Å². The van der Waals surface area contributed by atoms with Crippen LogP contribution in [0.3, 0.4) is 0 Å². The normalized spacial score (nSPS) is 12.0. The van der Waals surface area contributed by atoms with E-state index in [0.717, 1.165) is 0 Å². The molecule has 0 fully saturated rings. The molecule has 0 heterocycles. The van der Waals surface area contributed by atoms with Crippen LogP contribution in [0.4, 0.5) is 10.5 Å². The van der Waals surface area contributed by atoms with Crippen LogP contribution < -0.4 is 10.6 Å². The standard InChI is InChI=1S/C11H14Cl2N2O3/c1-18-6-8(16)5-14-11(17)15-10-4-7(12)2-3-9(10)13/h2-4,8,16H,5-6H2,1H3,(H2,14,15,17). The molecule has 100 valence electrons. The van der Waals surface area contributed by atoms with E-state index in [-0.39, 0.29) is 13.2 Å². The molecular weight excluding hydrogens is 279 g/mol. The Balaban J connectivity index is 2.47. The van der Waals surface area contributed by atoms with E-state index in [1.54, 1.807) is 12.1 Å². The van der Waals surface area contributed by atoms with Gasteiger partial charge in [-0.25, -0.2) is 4.79 Å². The van der Waals surface area contributed by atoms with Gasteiger partial charge in [-0.15, -0.1) is 0 Å². The minimum absolute atomic E-state index is 0.0812. The number of methoxy groups -OCH3 is 1. The van der Waals surface area contributed by atoms with Crippen molar-refractivity contribution in [3.05, 3.63) is 28.2 Å². The van der Waals surface area contributed by atoms with E-state index in [1.165, 1.54) is 13.2 Å². The fraction of sp³-hybridized carbons (Fsp3) is 0.364. The van der Waals surface area contributed by atoms with E-state index in [9.17, 15) is 9.90 Å². The number of ether oxygens (including phenoxy) is 1. The van der Waals surface area contributed by atoms with Gasteiger partial charge in [-0.1, -0.05) is 23.2 Å². The van der Waals surface area contributed by atoms with E-state index in [1.807, 2.05) is 0 Å². The minimum atomic E-state index is -0.754. The van der Waals surface area contributed by atoms with Gasteiger partial charge in [0.2, 0.25) is 0 Å². The summed E-state index contributed by atoms with van der Waals surface area (Å²) in [4.78, 5) is 11.5. The Kier molecular flexibility index (Phi) is 6.21. The second-order valence-electron chi connectivity index (χ2n) is 3.57. The molecule has 0 bridgehead atoms. The molecule has 0 aliphatic heterocycles. The van der Waals surface area contributed by atoms with E-state index < -0.39 is 12.1 Å². The molecule has 3 N–H and O–H groups in total. The number of rotatable bonds is 5. The molecule has 0 aliphatic rings. The second kappa shape index (κ2) is 7.43. The molecule has 5 nitrogen and oxygen atoms in total. The van der Waals surface area contributed by atoms with Crippen molar-refractivity contribution in [2.45, 2.75) is 6.10 Å². The molecule has 0 saturated heterocycles. The highest BCUT2D eigenvalue weighted by atomic mass is 35.5. The maximum atomic E-state index is 11.5. The molecule has 1 aromatic carbocycles. The smallest absolute Gasteiger partial charge is 0.319 e. The van der Waals surface area contributed by atoms with Crippen LogP contribution in [0.25, 0.3) is 0 Å². The number of benzene rings is 1. The predicted molar refractivity (Wildman–Crippen MR) is 71.4 cm³/mol. The summed E-state index contributed by atoms with van der Waals surface area (Å²) in [6, 6.07) is 4.26. The van der Waals surface area contributed by atoms with Crippen LogP contribution in [0.15, 0.2) is 18.2 Å². The van der Waals surface area contributed by atoms with Gasteiger partial charge in [-0.3, -0.25) is 0 Å². The largest absolute Gasteiger partial charge is 0.389 e. The molecule has 1 rings (SSSR count). The van der Waals surface area contributed by atoms with Gasteiger partial charge in [-0.05, 0) is 18.2 Å². The van der Waals surface area contributed by atoms with Gasteiger partial charge in [0.25, 0.3) is 0 Å². The SMILES string of the molecule is COCC(O)CNC(=O)Nc1cc(Cl)ccc1Cl. The zero-order valence-corrected chi connectivity index (χ0v) is 11.3. The number of carbonyl (C=O) groups excluding carboxylic acids is 1. The third kappa shape index (κ3) is 5.10. The van der Waals surface area contributed by atoms with Crippen molar-refractivity contribution in [2.75, 3.05) is 25.6 Å². The Morgan fingerprint density at radius 2 is 2.22 bits per heavy atom. The van der Waals surface area contributed by atoms with Crippen molar-refractivity contribution in [1.29, 1.82) is 0 Å². The Labute approximate surface area is 115 Å². The van der Waals surface area contributed by atoms with Gasteiger partial charge >= 0.3 is 6.03 Å². The van der Waals surface area contributed by atoms with Crippen molar-refractivity contribution in [1.82, 2.24) is 5.32 Å². The summed E-state index contributed by atoms with van der Waals surface area (Å²) in [7, 11) is 1.47. The summed E-state index contributed by atoms with van der Waals surface area (Å²) in [5.41, 5.74) is 0.405. The monoisotopic (exact) mass is 292 g/mol. The molecule has 0 saturated carbocycles. The third-order valence-electron chi connectivity index (χ3n) is 2.03. The fourth-order valence-corrected chi connectivity index (χ4v) is 1.56. The summed E-state index contributed by atoms with van der Waals surface area (Å²) in [5, 5.41) is 15.2. The highest BCUT2D eigenvalue weighted by molar-refractivity contribution is 6.35. The van der Waals surface area contributed by atoms with Gasteiger partial charge < -0.3 is 20.5 Å². The van der Waals surface area contributed by atoms with Gasteiger partial charge in [0.05, 0.1) is 23.4 Å². The molecule has 0 spiro atoms. The van der Waals surface area contributed by atoms with Crippen LogP contribution >= 0.6 is 23.2 Å². The number of aliphatic hydroxyl groups excluding tert-OH is 1. The van der Waals surface area contributed by atoms with Crippen molar-refractivity contribution in [3.8, 4) is 0 Å². The van der Waals surface area contributed by atoms with Crippen molar-refractivity contribution in [3.63, 3.8) is 0 Å². The first kappa shape index (κ1) is 15.0. The number of halogens is 2. The molecule has 1 unspecified atom stereocenters. The zero-order valence-electron chi connectivity index (χ0n) is 9.74. The molecule has 7 heteroatoms. The van der Waals surface area contributed by atoms with Crippen LogP contribution in [0.2, 0.25) is 10.0 Å². The van der Waals surface area contributed by atoms with Gasteiger partial charge in [0.1, 0.15) is 0 Å². The van der Waals surface area contributed by atoms with Gasteiger partial charge in [-0.2, -0.15) is 0 Å². The van der Waals surface area contributed by atoms with E-state index in [0.29, 0.717) is 15.7 Å². The topological polar surface area (TPSA) is 70.6 Å². The van der Waals surface area contributed by atoms with Crippen molar-refractivity contribution in [2.24, 2.45) is 0 Å². The lowest BCUT2D eigenvalue weighted by Gasteiger charge is -2.12. The number of nitrogens with one attached hydrogen (secondary N) is 2. The molecule has 0 radical (unpaired) electrons. The van der Waals surface area contributed by atoms with E-state index in [4.69, 9.17) is 27.9 Å². The Morgan fingerprint density at radius 1 is 1.50 bits per heavy atom. The van der Waals surface area contributed by atoms with Crippen molar-refractivity contribution < 1.29 is 14.6 Å². The quantitative estimate of drug-likeness (QED) is 0.778. The minimum Gasteiger partial charge on any atom is -0.389 e. The molecule has 0 aliphatic carbocycles. The van der Waals surface area contributed by atoms with Crippen LogP contribution in [-0.2, 0) is 4.74 Å². The summed E-state index contributed by atoms with van der Waals surface area (Å²) in [6.07, 6.45) is -0.754. The number of anilines is 1. The Bertz CT molecular complexity index is 415. The van der Waals surface area contributed by atoms with Crippen molar-refractivity contribution >= 4 is 34.9 Å². The maximum Gasteiger partial charge on any atom is 0.319 e. The van der Waals surface area contributed by atoms with Gasteiger partial charge in [0.15, 0.2) is 0 Å². The lowest BCUT2D eigenvalue weighted by molar-refractivity contribution is 0.0663. The average Bonchev–Trinajstić information content (AvgIpc) is 2.32. The first-order chi connectivity index (χ1) is 8.52. The average molecular weight is 293 g/mol. The van der Waals surface area contributed by atoms with Crippen LogP contribution in [-0.4, -0.2) is 37.5 Å². The number of hydrogen-bond acceptors (Lipinski definition) is 3. The summed E-state index contributed by atoms with van der Waals surface area (Å²) in [5.74, 6) is 0. The predicted octanol–water partition coefficient (Wildman–Crippen LogP) is 2.12. The van der Waals surface area contributed by atoms with E-state index >= 15 is 0 Å². The molecular formula is C11H14Cl2N2O3. The molecule has 0 aromatic heterocycles. The first-order valence-electron chi connectivity index (χ1n) is 5.20. The molecule has 18 heavy (non-hydrogen) atoms. The lowest BCUT2D eigenvalue weighted by atomic mass is 10.3. The number of hydrogen-bond donors (Lipinski definition) is 3. The first-order valence-corrected chi connectivity index (χ1v) is 5.95. The highest BCUT2D eigenvalue weighted by Gasteiger charge is 2.08. The van der Waals surface area contributed by atoms with E-state index in [2.05, 4.69) is 10.6 Å². The maximum absolute atomic E-state index is 11.5.